The monoisotopic (exact) mass is 371 g/mol. The van der Waals surface area contributed by atoms with E-state index in [0.717, 1.165) is 17.5 Å². The number of nitrogen functional groups attached to an aromatic ring is 1. The first kappa shape index (κ1) is 19.7. The van der Waals surface area contributed by atoms with Crippen molar-refractivity contribution in [2.45, 2.75) is 19.8 Å². The number of fused-ring (bicyclic) bond motifs is 1. The molecule has 2 heterocycles. The molecule has 9 nitrogen and oxygen atoms in total. The molecule has 3 aromatic rings. The maximum atomic E-state index is 12.0. The van der Waals surface area contributed by atoms with E-state index in [4.69, 9.17) is 15.6 Å². The average molecular weight is 371 g/mol. The number of carbonyl (C=O) groups is 2. The number of nitrogens with two attached hydrogens (primary N) is 1. The van der Waals surface area contributed by atoms with Gasteiger partial charge in [-0.25, -0.2) is 0 Å². The largest absolute Gasteiger partial charge is 0.483 e. The third-order valence-electron chi connectivity index (χ3n) is 3.88. The molecule has 0 aliphatic rings. The van der Waals surface area contributed by atoms with Crippen molar-refractivity contribution < 1.29 is 14.7 Å². The Hall–Kier alpha value is -3.62. The number of rotatable bonds is 5. The van der Waals surface area contributed by atoms with E-state index in [9.17, 15) is 9.59 Å². The molecule has 0 saturated heterocycles. The minimum absolute atomic E-state index is 0.0733. The van der Waals surface area contributed by atoms with Crippen LogP contribution in [0.3, 0.4) is 0 Å². The highest BCUT2D eigenvalue weighted by Crippen LogP contribution is 2.15. The number of hydrogen-bond acceptors (Lipinski definition) is 5. The maximum absolute atomic E-state index is 12.0. The van der Waals surface area contributed by atoms with Gasteiger partial charge in [-0.05, 0) is 43.0 Å². The highest BCUT2D eigenvalue weighted by molar-refractivity contribution is 5.94. The van der Waals surface area contributed by atoms with Crippen molar-refractivity contribution in [2.75, 3.05) is 12.3 Å². The first-order valence-electron chi connectivity index (χ1n) is 8.30. The van der Waals surface area contributed by atoms with Crippen LogP contribution in [0.5, 0.6) is 0 Å². The van der Waals surface area contributed by atoms with Gasteiger partial charge >= 0.3 is 0 Å². The molecule has 142 valence electrons. The Morgan fingerprint density at radius 1 is 1.30 bits per heavy atom. The van der Waals surface area contributed by atoms with Crippen molar-refractivity contribution in [3.8, 4) is 0 Å². The van der Waals surface area contributed by atoms with Crippen LogP contribution in [0.2, 0.25) is 0 Å². The fraction of sp³-hybridized carbons (Fsp3) is 0.222. The lowest BCUT2D eigenvalue weighted by molar-refractivity contribution is -0.122. The van der Waals surface area contributed by atoms with Crippen LogP contribution in [0.15, 0.2) is 35.3 Å². The van der Waals surface area contributed by atoms with Gasteiger partial charge in [0.05, 0.1) is 5.39 Å². The highest BCUT2D eigenvalue weighted by atomic mass is 16.3. The van der Waals surface area contributed by atoms with Gasteiger partial charge in [0.2, 0.25) is 5.95 Å². The number of carbonyl (C=O) groups excluding carboxylic acids is 1. The predicted octanol–water partition coefficient (Wildman–Crippen LogP) is 1.07. The molecule has 0 atom stereocenters. The average Bonchev–Trinajstić information content (AvgIpc) is 3.04. The standard InChI is InChI=1S/C17H19N5O2.CH2O2/c1-2-19-15(23)11-6-3-10(4-7-11)5-8-12-9-20-14-13(12)16(24)22-17(18)21-14;2-1-3/h3-4,6-7,9H,2,5,8H2,1H3,(H,19,23)(H4,18,20,21,22,24);1H,(H,2,3). The number of amides is 1. The Labute approximate surface area is 154 Å². The summed E-state index contributed by atoms with van der Waals surface area (Å²) in [4.78, 5) is 41.7. The van der Waals surface area contributed by atoms with Crippen molar-refractivity contribution in [1.29, 1.82) is 0 Å². The van der Waals surface area contributed by atoms with Gasteiger partial charge in [0.1, 0.15) is 5.65 Å². The third kappa shape index (κ3) is 4.94. The molecule has 0 spiro atoms. The number of nitrogens with zero attached hydrogens (tertiary/aromatic N) is 1. The number of nitrogens with one attached hydrogen (secondary N) is 3. The van der Waals surface area contributed by atoms with Crippen LogP contribution in [0.25, 0.3) is 11.0 Å². The van der Waals surface area contributed by atoms with Gasteiger partial charge in [0.25, 0.3) is 17.9 Å². The molecule has 0 unspecified atom stereocenters. The summed E-state index contributed by atoms with van der Waals surface area (Å²) < 4.78 is 0. The van der Waals surface area contributed by atoms with E-state index in [1.165, 1.54) is 0 Å². The minimum Gasteiger partial charge on any atom is -0.483 e. The fourth-order valence-electron chi connectivity index (χ4n) is 2.68. The maximum Gasteiger partial charge on any atom is 0.290 e. The summed E-state index contributed by atoms with van der Waals surface area (Å²) in [5.74, 6) is 0.0257. The Morgan fingerprint density at radius 3 is 2.59 bits per heavy atom. The molecule has 3 rings (SSSR count). The van der Waals surface area contributed by atoms with Crippen LogP contribution in [-0.2, 0) is 17.6 Å². The smallest absolute Gasteiger partial charge is 0.290 e. The number of hydrogen-bond donors (Lipinski definition) is 5. The number of aromatic nitrogens is 3. The zero-order valence-corrected chi connectivity index (χ0v) is 14.8. The summed E-state index contributed by atoms with van der Waals surface area (Å²) in [6, 6.07) is 7.48. The molecule has 27 heavy (non-hydrogen) atoms. The van der Waals surface area contributed by atoms with Gasteiger partial charge in [-0.3, -0.25) is 19.4 Å². The van der Waals surface area contributed by atoms with Gasteiger partial charge in [-0.1, -0.05) is 12.1 Å². The summed E-state index contributed by atoms with van der Waals surface area (Å²) in [6.07, 6.45) is 3.23. The molecule has 9 heteroatoms. The number of aromatic amines is 2. The first-order valence-corrected chi connectivity index (χ1v) is 8.30. The second-order valence-corrected chi connectivity index (χ2v) is 5.65. The second kappa shape index (κ2) is 9.18. The SMILES string of the molecule is CCNC(=O)c1ccc(CCc2c[nH]c3nc(N)[nH]c(=O)c23)cc1.O=CO. The van der Waals surface area contributed by atoms with Crippen LogP contribution in [0.4, 0.5) is 5.95 Å². The summed E-state index contributed by atoms with van der Waals surface area (Å²) >= 11 is 0. The minimum atomic E-state index is -0.250. The number of anilines is 1. The molecule has 2 aromatic heterocycles. The predicted molar refractivity (Wildman–Crippen MR) is 102 cm³/mol. The van der Waals surface area contributed by atoms with Crippen molar-refractivity contribution in [3.63, 3.8) is 0 Å². The van der Waals surface area contributed by atoms with Crippen LogP contribution in [0.1, 0.15) is 28.4 Å². The van der Waals surface area contributed by atoms with Crippen LogP contribution >= 0.6 is 0 Å². The summed E-state index contributed by atoms with van der Waals surface area (Å²) in [5.41, 5.74) is 8.43. The first-order chi connectivity index (χ1) is 13.0. The number of benzene rings is 1. The fourth-order valence-corrected chi connectivity index (χ4v) is 2.68. The van der Waals surface area contributed by atoms with E-state index >= 15 is 0 Å². The number of aryl methyl sites for hydroxylation is 2. The Kier molecular flexibility index (Phi) is 6.70. The van der Waals surface area contributed by atoms with E-state index in [-0.39, 0.29) is 23.9 Å². The van der Waals surface area contributed by atoms with Crippen molar-refractivity contribution >= 4 is 29.4 Å². The van der Waals surface area contributed by atoms with E-state index in [1.54, 1.807) is 6.20 Å². The van der Waals surface area contributed by atoms with Crippen molar-refractivity contribution in [3.05, 3.63) is 57.5 Å². The normalized spacial score (nSPS) is 10.1. The van der Waals surface area contributed by atoms with E-state index in [2.05, 4.69) is 20.3 Å². The molecule has 0 radical (unpaired) electrons. The van der Waals surface area contributed by atoms with Crippen LogP contribution in [-0.4, -0.2) is 39.0 Å². The molecule has 0 saturated carbocycles. The summed E-state index contributed by atoms with van der Waals surface area (Å²) in [6.45, 7) is 2.24. The Balaban J connectivity index is 0.000000817. The lowest BCUT2D eigenvalue weighted by atomic mass is 10.0. The van der Waals surface area contributed by atoms with Gasteiger partial charge < -0.3 is 21.1 Å². The molecule has 1 amide bonds. The summed E-state index contributed by atoms with van der Waals surface area (Å²) in [5, 5.41) is 10.2. The Bertz CT molecular complexity index is 976. The van der Waals surface area contributed by atoms with Gasteiger partial charge in [0, 0.05) is 18.3 Å². The third-order valence-corrected chi connectivity index (χ3v) is 3.88. The van der Waals surface area contributed by atoms with Gasteiger partial charge in [0.15, 0.2) is 0 Å². The van der Waals surface area contributed by atoms with E-state index in [1.807, 2.05) is 31.2 Å². The Morgan fingerprint density at radius 2 is 1.96 bits per heavy atom. The van der Waals surface area contributed by atoms with Crippen molar-refractivity contribution in [1.82, 2.24) is 20.3 Å². The zero-order valence-electron chi connectivity index (χ0n) is 14.8. The molecule has 1 aromatic carbocycles. The second-order valence-electron chi connectivity index (χ2n) is 5.65. The molecule has 0 aliphatic heterocycles. The molecule has 6 N–H and O–H groups in total. The van der Waals surface area contributed by atoms with Crippen LogP contribution in [0, 0.1) is 0 Å². The zero-order chi connectivity index (χ0) is 19.8. The molecular formula is C18H21N5O4. The molecule has 0 fully saturated rings. The van der Waals surface area contributed by atoms with Gasteiger partial charge in [-0.2, -0.15) is 4.98 Å². The molecule has 0 aliphatic carbocycles. The van der Waals surface area contributed by atoms with Gasteiger partial charge in [-0.15, -0.1) is 0 Å². The summed E-state index contributed by atoms with van der Waals surface area (Å²) in [7, 11) is 0. The number of carboxylic acid groups (broad SMARTS) is 1. The lowest BCUT2D eigenvalue weighted by Crippen LogP contribution is -2.22. The quantitative estimate of drug-likeness (QED) is 0.423. The van der Waals surface area contributed by atoms with Crippen LogP contribution < -0.4 is 16.6 Å². The highest BCUT2D eigenvalue weighted by Gasteiger charge is 2.10. The topological polar surface area (TPSA) is 154 Å². The van der Waals surface area contributed by atoms with E-state index in [0.29, 0.717) is 29.6 Å². The lowest BCUT2D eigenvalue weighted by Gasteiger charge is -2.04. The molecule has 0 bridgehead atoms. The van der Waals surface area contributed by atoms with Crippen molar-refractivity contribution in [2.24, 2.45) is 0 Å². The molecular weight excluding hydrogens is 350 g/mol. The van der Waals surface area contributed by atoms with E-state index < -0.39 is 0 Å². The number of H-pyrrole nitrogens is 2.